The summed E-state index contributed by atoms with van der Waals surface area (Å²) in [6, 6.07) is 25.4. The SMILES string of the molecule is CCOc1ccccc1OC[CH-]CCCCOCCN(Cc1ccccc1)CC([O-])COc1ccccc1OCC.[Na+].[Na+].[OH-]. The Hall–Kier alpha value is -1.30. The molecule has 0 aliphatic rings. The van der Waals surface area contributed by atoms with Gasteiger partial charge in [-0.2, -0.15) is 6.42 Å². The Balaban J connectivity index is 0.00000616. The first-order valence-corrected chi connectivity index (χ1v) is 14.7. The third-order valence-electron chi connectivity index (χ3n) is 6.29. The van der Waals surface area contributed by atoms with Crippen molar-refractivity contribution in [3.05, 3.63) is 90.8 Å². The molecule has 44 heavy (non-hydrogen) atoms. The van der Waals surface area contributed by atoms with Gasteiger partial charge in [0.25, 0.3) is 0 Å². The van der Waals surface area contributed by atoms with E-state index in [1.54, 1.807) is 0 Å². The van der Waals surface area contributed by atoms with Gasteiger partial charge in [0.2, 0.25) is 0 Å². The van der Waals surface area contributed by atoms with Crippen LogP contribution < -0.4 is 83.2 Å². The maximum atomic E-state index is 12.9. The monoisotopic (exact) mass is 626 g/mol. The molecule has 0 amide bonds. The van der Waals surface area contributed by atoms with Crippen molar-refractivity contribution in [2.45, 2.75) is 45.8 Å². The number of nitrogens with zero attached hydrogens (tertiary/aromatic N) is 1. The molecule has 1 unspecified atom stereocenters. The molecule has 0 aliphatic carbocycles. The third kappa shape index (κ3) is 17.4. The van der Waals surface area contributed by atoms with Crippen molar-refractivity contribution in [3.63, 3.8) is 0 Å². The Kier molecular flexibility index (Phi) is 26.1. The minimum atomic E-state index is -0.897. The van der Waals surface area contributed by atoms with Crippen LogP contribution in [0.3, 0.4) is 0 Å². The minimum absolute atomic E-state index is 0. The molecular weight excluding hydrogens is 580 g/mol. The van der Waals surface area contributed by atoms with E-state index in [9.17, 15) is 5.11 Å². The summed E-state index contributed by atoms with van der Waals surface area (Å²) in [4.78, 5) is 2.15. The average molecular weight is 627 g/mol. The maximum Gasteiger partial charge on any atom is 1.00 e. The Morgan fingerprint density at radius 2 is 1.25 bits per heavy atom. The van der Waals surface area contributed by atoms with Crippen LogP contribution in [0.1, 0.15) is 38.7 Å². The first kappa shape index (κ1) is 42.7. The zero-order valence-electron chi connectivity index (χ0n) is 27.0. The van der Waals surface area contributed by atoms with Crippen molar-refractivity contribution in [3.8, 4) is 23.0 Å². The average Bonchev–Trinajstić information content (AvgIpc) is 2.99. The van der Waals surface area contributed by atoms with Crippen molar-refractivity contribution in [1.29, 1.82) is 0 Å². The molecule has 0 saturated heterocycles. The summed E-state index contributed by atoms with van der Waals surface area (Å²) in [7, 11) is 0. The zero-order valence-corrected chi connectivity index (χ0v) is 31.0. The summed E-state index contributed by atoms with van der Waals surface area (Å²) in [6.07, 6.45) is 4.22. The molecule has 8 nitrogen and oxygen atoms in total. The van der Waals surface area contributed by atoms with Crippen LogP contribution in [-0.4, -0.2) is 69.2 Å². The van der Waals surface area contributed by atoms with Crippen molar-refractivity contribution >= 4 is 0 Å². The third-order valence-corrected chi connectivity index (χ3v) is 6.29. The van der Waals surface area contributed by atoms with Crippen LogP contribution in [0.4, 0.5) is 0 Å². The molecule has 3 rings (SSSR count). The van der Waals surface area contributed by atoms with Gasteiger partial charge in [0.1, 0.15) is 0 Å². The van der Waals surface area contributed by atoms with Crippen molar-refractivity contribution < 1.29 is 93.4 Å². The molecule has 0 spiro atoms. The van der Waals surface area contributed by atoms with Crippen LogP contribution in [0.5, 0.6) is 23.0 Å². The topological polar surface area (TPSA) is 102 Å². The summed E-state index contributed by atoms with van der Waals surface area (Å²) in [6.45, 7) is 8.70. The molecule has 0 bridgehead atoms. The molecule has 3 aromatic rings. The summed E-state index contributed by atoms with van der Waals surface area (Å²) in [5.41, 5.74) is 1.17. The fourth-order valence-corrected chi connectivity index (χ4v) is 4.31. The summed E-state index contributed by atoms with van der Waals surface area (Å²) in [5, 5.41) is 12.9. The molecule has 1 N–H and O–H groups in total. The molecule has 0 aromatic heterocycles. The van der Waals surface area contributed by atoms with E-state index in [2.05, 4.69) is 23.5 Å². The van der Waals surface area contributed by atoms with Gasteiger partial charge in [-0.25, -0.2) is 0 Å². The van der Waals surface area contributed by atoms with E-state index in [-0.39, 0.29) is 71.2 Å². The second kappa shape index (κ2) is 26.9. The zero-order chi connectivity index (χ0) is 29.0. The van der Waals surface area contributed by atoms with Crippen LogP contribution in [-0.2, 0) is 11.3 Å². The van der Waals surface area contributed by atoms with Gasteiger partial charge < -0.3 is 34.3 Å². The van der Waals surface area contributed by atoms with Gasteiger partial charge in [0.15, 0.2) is 23.0 Å². The number of benzene rings is 3. The second-order valence-corrected chi connectivity index (χ2v) is 9.62. The largest absolute Gasteiger partial charge is 1.00 e. The van der Waals surface area contributed by atoms with Crippen molar-refractivity contribution in [2.24, 2.45) is 0 Å². The van der Waals surface area contributed by atoms with Crippen molar-refractivity contribution in [2.75, 3.05) is 52.7 Å². The smallest absolute Gasteiger partial charge is 0.870 e. The van der Waals surface area contributed by atoms with Gasteiger partial charge in [-0.1, -0.05) is 67.1 Å². The van der Waals surface area contributed by atoms with Crippen LogP contribution in [0.2, 0.25) is 0 Å². The minimum Gasteiger partial charge on any atom is -0.870 e. The number of hydrogen-bond acceptors (Lipinski definition) is 8. The van der Waals surface area contributed by atoms with Crippen LogP contribution >= 0.6 is 0 Å². The Morgan fingerprint density at radius 3 is 1.84 bits per heavy atom. The molecule has 10 heteroatoms. The predicted molar refractivity (Wildman–Crippen MR) is 163 cm³/mol. The van der Waals surface area contributed by atoms with Gasteiger partial charge in [0, 0.05) is 19.7 Å². The Labute approximate surface area is 308 Å². The second-order valence-electron chi connectivity index (χ2n) is 9.62. The van der Waals surface area contributed by atoms with Crippen LogP contribution in [0.25, 0.3) is 0 Å². The molecule has 0 saturated carbocycles. The molecular formula is C34H46NNa2O7-. The van der Waals surface area contributed by atoms with E-state index in [1.165, 1.54) is 5.56 Å². The first-order valence-electron chi connectivity index (χ1n) is 14.7. The quantitative estimate of drug-likeness (QED) is 0.0828. The van der Waals surface area contributed by atoms with Crippen LogP contribution in [0.15, 0.2) is 78.9 Å². The standard InChI is InChI=1S/C34H45NO6.2Na.H2O/c1-3-38-31-18-10-12-20-33(31)40-24-15-6-5-14-23-37-25-22-35(26-29-16-8-7-9-17-29)27-30(36)28-41-34-21-13-11-19-32(34)39-4-2;;;/h7-13,15-21,30H,3-6,14,22-28H2,1-2H3;;;1H2/q-2;2*+1;/p-1. The Bertz CT molecular complexity index is 1090. The number of hydrogen-bond donors (Lipinski definition) is 0. The van der Waals surface area contributed by atoms with E-state index in [1.807, 2.05) is 80.6 Å². The van der Waals surface area contributed by atoms with Crippen molar-refractivity contribution in [1.82, 2.24) is 4.90 Å². The van der Waals surface area contributed by atoms with Crippen LogP contribution in [0, 0.1) is 6.42 Å². The van der Waals surface area contributed by atoms with Gasteiger partial charge in [-0.05, 0) is 63.2 Å². The molecule has 0 heterocycles. The summed E-state index contributed by atoms with van der Waals surface area (Å²) >= 11 is 0. The number of rotatable bonds is 22. The molecule has 0 radical (unpaired) electrons. The summed E-state index contributed by atoms with van der Waals surface area (Å²) < 4.78 is 28.8. The van der Waals surface area contributed by atoms with E-state index in [4.69, 9.17) is 23.7 Å². The van der Waals surface area contributed by atoms with E-state index in [0.29, 0.717) is 64.2 Å². The van der Waals surface area contributed by atoms with E-state index >= 15 is 0 Å². The number of ether oxygens (including phenoxy) is 5. The molecule has 232 valence electrons. The summed E-state index contributed by atoms with van der Waals surface area (Å²) in [5.74, 6) is 2.82. The fraction of sp³-hybridized carbons (Fsp3) is 0.441. The molecule has 1 atom stereocenters. The molecule has 0 aliphatic heterocycles. The van der Waals surface area contributed by atoms with Gasteiger partial charge in [-0.15, -0.1) is 0 Å². The number of unbranched alkanes of at least 4 members (excludes halogenated alkanes) is 3. The first-order chi connectivity index (χ1) is 20.2. The van der Waals surface area contributed by atoms with Gasteiger partial charge in [-0.3, -0.25) is 11.3 Å². The molecule has 3 aromatic carbocycles. The predicted octanol–water partition coefficient (Wildman–Crippen LogP) is -0.605. The normalized spacial score (nSPS) is 11.0. The van der Waals surface area contributed by atoms with Gasteiger partial charge >= 0.3 is 59.1 Å². The van der Waals surface area contributed by atoms with Gasteiger partial charge in [0.05, 0.1) is 26.4 Å². The Morgan fingerprint density at radius 1 is 0.705 bits per heavy atom. The molecule has 0 fully saturated rings. The maximum absolute atomic E-state index is 12.9. The fourth-order valence-electron chi connectivity index (χ4n) is 4.31. The number of para-hydroxylation sites is 4. The van der Waals surface area contributed by atoms with E-state index in [0.717, 1.165) is 30.8 Å². The van der Waals surface area contributed by atoms with E-state index < -0.39 is 6.10 Å².